The molecule has 0 radical (unpaired) electrons. The van der Waals surface area contributed by atoms with Gasteiger partial charge in [0.15, 0.2) is 18.7 Å². The van der Waals surface area contributed by atoms with Gasteiger partial charge in [0.2, 0.25) is 0 Å². The van der Waals surface area contributed by atoms with Gasteiger partial charge in [-0.1, -0.05) is 86.6 Å². The second-order valence-corrected chi connectivity index (χ2v) is 18.3. The highest BCUT2D eigenvalue weighted by molar-refractivity contribution is 7.53. The third-order valence-corrected chi connectivity index (χ3v) is 11.2. The van der Waals surface area contributed by atoms with E-state index in [2.05, 4.69) is 5.32 Å². The van der Waals surface area contributed by atoms with Crippen molar-refractivity contribution in [3.8, 4) is 5.75 Å². The zero-order chi connectivity index (χ0) is 43.3. The molecule has 15 nitrogen and oxygen atoms in total. The molecule has 2 N–H and O–H groups in total. The maximum Gasteiger partial charge on any atom is 0.410 e. The van der Waals surface area contributed by atoms with Crippen molar-refractivity contribution in [3.05, 3.63) is 102 Å². The number of amides is 2. The van der Waals surface area contributed by atoms with Gasteiger partial charge in [-0.15, -0.1) is 0 Å². The number of esters is 1. The summed E-state index contributed by atoms with van der Waals surface area (Å²) in [4.78, 5) is 40.8. The average Bonchev–Trinajstić information content (AvgIpc) is 3.83. The zero-order valence-electron chi connectivity index (χ0n) is 35.2. The summed E-state index contributed by atoms with van der Waals surface area (Å²) in [6.07, 6.45) is -4.38. The standard InChI is InChI=1S/C44H59N2O13P/c1-30(2)24-46(43(50)58-44(4,5)6)25-38(47)37(45-42(49)57-39-28-54-41-36(39)21-22-52-41)23-32-17-19-35(20-18-32)55-29-60(51,56-27-34-15-11-8-12-16-34)59-31(3)40(48)53-26-33-13-9-7-10-14-33/h7-20,30-31,36-39,41,47H,21-29H2,1-6H3,(H,45,49)/t31-,36-,37-,38+,39-,41+,60?/m0/s1. The van der Waals surface area contributed by atoms with Crippen LogP contribution in [0.5, 0.6) is 5.75 Å². The SMILES string of the molecule is CC(C)CN(C[C@@H](O)[C@H](Cc1ccc(OCP(=O)(OCc2ccccc2)O[C@@H](C)C(=O)OCc2ccccc2)cc1)NC(=O)O[C@H]1CO[C@H]2OCC[C@H]21)C(=O)OC(C)(C)C. The van der Waals surface area contributed by atoms with E-state index in [1.165, 1.54) is 11.8 Å². The van der Waals surface area contributed by atoms with Crippen LogP contribution in [0.3, 0.4) is 0 Å². The molecule has 2 aliphatic heterocycles. The maximum absolute atomic E-state index is 14.1. The Morgan fingerprint density at radius 1 is 0.883 bits per heavy atom. The molecular formula is C44H59N2O13P. The molecule has 0 spiro atoms. The summed E-state index contributed by atoms with van der Waals surface area (Å²) in [5.41, 5.74) is 1.47. The average molecular weight is 855 g/mol. The lowest BCUT2D eigenvalue weighted by atomic mass is 10.0. The summed E-state index contributed by atoms with van der Waals surface area (Å²) in [6, 6.07) is 24.1. The van der Waals surface area contributed by atoms with Crippen LogP contribution in [0.2, 0.25) is 0 Å². The molecule has 60 heavy (non-hydrogen) atoms. The Bertz CT molecular complexity index is 1860. The number of benzene rings is 3. The Morgan fingerprint density at radius 2 is 1.53 bits per heavy atom. The molecular weight excluding hydrogens is 795 g/mol. The fourth-order valence-corrected chi connectivity index (χ4v) is 8.02. The van der Waals surface area contributed by atoms with E-state index < -0.39 is 68.3 Å². The minimum absolute atomic E-state index is 0.0196. The first-order valence-corrected chi connectivity index (χ1v) is 22.0. The minimum atomic E-state index is -4.06. The van der Waals surface area contributed by atoms with Gasteiger partial charge in [0.05, 0.1) is 44.4 Å². The van der Waals surface area contributed by atoms with Crippen molar-refractivity contribution in [2.45, 2.75) is 104 Å². The third-order valence-electron chi connectivity index (χ3n) is 9.57. The van der Waals surface area contributed by atoms with Crippen molar-refractivity contribution in [1.29, 1.82) is 0 Å². The van der Waals surface area contributed by atoms with E-state index in [1.54, 1.807) is 45.0 Å². The molecule has 5 rings (SSSR count). The first-order chi connectivity index (χ1) is 28.6. The lowest BCUT2D eigenvalue weighted by Crippen LogP contribution is -2.52. The number of aliphatic hydroxyl groups excluding tert-OH is 1. The Labute approximate surface area is 352 Å². The summed E-state index contributed by atoms with van der Waals surface area (Å²) >= 11 is 0. The van der Waals surface area contributed by atoms with Crippen LogP contribution < -0.4 is 10.1 Å². The van der Waals surface area contributed by atoms with E-state index >= 15 is 0 Å². The second kappa shape index (κ2) is 21.8. The largest absolute Gasteiger partial charge is 0.481 e. The van der Waals surface area contributed by atoms with Crippen molar-refractivity contribution >= 4 is 25.8 Å². The number of hydrogen-bond acceptors (Lipinski definition) is 13. The smallest absolute Gasteiger partial charge is 0.410 e. The predicted molar refractivity (Wildman–Crippen MR) is 221 cm³/mol. The summed E-state index contributed by atoms with van der Waals surface area (Å²) in [6.45, 7) is 11.5. The minimum Gasteiger partial charge on any atom is -0.481 e. The normalized spacial score (nSPS) is 20.0. The van der Waals surface area contributed by atoms with E-state index in [1.807, 2.05) is 74.5 Å². The van der Waals surface area contributed by atoms with Crippen LogP contribution in [0.15, 0.2) is 84.9 Å². The van der Waals surface area contributed by atoms with Crippen LogP contribution in [0, 0.1) is 11.8 Å². The van der Waals surface area contributed by atoms with Gasteiger partial charge < -0.3 is 48.3 Å². The number of fused-ring (bicyclic) bond motifs is 1. The van der Waals surface area contributed by atoms with Crippen molar-refractivity contribution in [2.75, 3.05) is 32.7 Å². The number of aliphatic hydroxyl groups is 1. The summed E-state index contributed by atoms with van der Waals surface area (Å²) in [5, 5.41) is 14.5. The number of alkyl carbamates (subject to hydrolysis) is 1. The predicted octanol–water partition coefficient (Wildman–Crippen LogP) is 7.23. The fraction of sp³-hybridized carbons (Fsp3) is 0.523. The zero-order valence-corrected chi connectivity index (χ0v) is 36.1. The molecule has 3 aromatic carbocycles. The molecule has 16 heteroatoms. The van der Waals surface area contributed by atoms with Gasteiger partial charge in [-0.2, -0.15) is 0 Å². The number of carbonyl (C=O) groups excluding carboxylic acids is 3. The highest BCUT2D eigenvalue weighted by Crippen LogP contribution is 2.50. The molecule has 2 aliphatic rings. The van der Waals surface area contributed by atoms with Crippen LogP contribution in [-0.2, 0) is 61.7 Å². The topological polar surface area (TPSA) is 178 Å². The quantitative estimate of drug-likeness (QED) is 0.0662. The lowest BCUT2D eigenvalue weighted by molar-refractivity contribution is -0.153. The lowest BCUT2D eigenvalue weighted by Gasteiger charge is -2.32. The van der Waals surface area contributed by atoms with Crippen LogP contribution in [0.1, 0.15) is 64.7 Å². The Morgan fingerprint density at radius 3 is 2.17 bits per heavy atom. The summed E-state index contributed by atoms with van der Waals surface area (Å²) < 4.78 is 59.5. The van der Waals surface area contributed by atoms with Crippen LogP contribution >= 0.6 is 7.60 Å². The van der Waals surface area contributed by atoms with Crippen LogP contribution in [0.25, 0.3) is 0 Å². The molecule has 3 aromatic rings. The first-order valence-electron chi connectivity index (χ1n) is 20.3. The molecule has 1 unspecified atom stereocenters. The van der Waals surface area contributed by atoms with Crippen molar-refractivity contribution in [1.82, 2.24) is 10.2 Å². The Balaban J connectivity index is 1.26. The van der Waals surface area contributed by atoms with Crippen LogP contribution in [0.4, 0.5) is 9.59 Å². The highest BCUT2D eigenvalue weighted by Gasteiger charge is 2.44. The summed E-state index contributed by atoms with van der Waals surface area (Å²) in [5.74, 6) is -0.412. The highest BCUT2D eigenvalue weighted by atomic mass is 31.2. The van der Waals surface area contributed by atoms with Crippen molar-refractivity contribution in [3.63, 3.8) is 0 Å². The van der Waals surface area contributed by atoms with Gasteiger partial charge in [-0.05, 0) is 75.3 Å². The molecule has 328 valence electrons. The fourth-order valence-electron chi connectivity index (χ4n) is 6.60. The molecule has 2 fully saturated rings. The summed E-state index contributed by atoms with van der Waals surface area (Å²) in [7, 11) is -4.06. The van der Waals surface area contributed by atoms with Gasteiger partial charge in [0.25, 0.3) is 0 Å². The molecule has 7 atom stereocenters. The van der Waals surface area contributed by atoms with Gasteiger partial charge in [0, 0.05) is 6.54 Å². The molecule has 0 bridgehead atoms. The number of carbonyl (C=O) groups is 3. The molecule has 0 aromatic heterocycles. The molecule has 2 amide bonds. The molecule has 0 aliphatic carbocycles. The van der Waals surface area contributed by atoms with Gasteiger partial charge in [-0.3, -0.25) is 9.09 Å². The van der Waals surface area contributed by atoms with E-state index in [-0.39, 0.29) is 44.6 Å². The molecule has 2 saturated heterocycles. The monoisotopic (exact) mass is 854 g/mol. The number of rotatable bonds is 20. The number of nitrogens with one attached hydrogen (secondary N) is 1. The Kier molecular flexibility index (Phi) is 17.0. The van der Waals surface area contributed by atoms with E-state index in [4.69, 9.17) is 37.5 Å². The number of ether oxygens (including phenoxy) is 6. The van der Waals surface area contributed by atoms with E-state index in [0.717, 1.165) is 11.1 Å². The number of nitrogens with zero attached hydrogens (tertiary/aromatic N) is 1. The van der Waals surface area contributed by atoms with Crippen molar-refractivity contribution in [2.24, 2.45) is 11.8 Å². The van der Waals surface area contributed by atoms with E-state index in [9.17, 15) is 24.1 Å². The number of hydrogen-bond donors (Lipinski definition) is 2. The van der Waals surface area contributed by atoms with Gasteiger partial charge in [-0.25, -0.2) is 14.4 Å². The second-order valence-electron chi connectivity index (χ2n) is 16.4. The first kappa shape index (κ1) is 46.6. The third kappa shape index (κ3) is 14.9. The van der Waals surface area contributed by atoms with Crippen molar-refractivity contribution < 1.29 is 61.5 Å². The van der Waals surface area contributed by atoms with Gasteiger partial charge in [0.1, 0.15) is 24.1 Å². The molecule has 0 saturated carbocycles. The maximum atomic E-state index is 14.1. The molecule has 2 heterocycles. The van der Waals surface area contributed by atoms with Gasteiger partial charge >= 0.3 is 25.8 Å². The van der Waals surface area contributed by atoms with Crippen LogP contribution in [-0.4, -0.2) is 97.1 Å². The Hall–Kier alpha value is -4.50. The van der Waals surface area contributed by atoms with E-state index in [0.29, 0.717) is 30.9 Å².